The number of aliphatic hydroxyl groups is 1. The van der Waals surface area contributed by atoms with E-state index in [2.05, 4.69) is 51.2 Å². The zero-order valence-corrected chi connectivity index (χ0v) is 18.3. The Morgan fingerprint density at radius 3 is 2.67 bits per heavy atom. The second-order valence-corrected chi connectivity index (χ2v) is 10.3. The van der Waals surface area contributed by atoms with Gasteiger partial charge in [-0.2, -0.15) is 0 Å². The molecule has 1 fully saturated rings. The average molecular weight is 372 g/mol. The maximum atomic E-state index is 9.46. The van der Waals surface area contributed by atoms with E-state index in [0.29, 0.717) is 16.7 Å². The van der Waals surface area contributed by atoms with Crippen molar-refractivity contribution in [3.63, 3.8) is 0 Å². The molecule has 1 aromatic carbocycles. The fourth-order valence-electron chi connectivity index (χ4n) is 6.11. The smallest absolute Gasteiger partial charge is 0.0512 e. The van der Waals surface area contributed by atoms with Gasteiger partial charge >= 0.3 is 0 Å². The van der Waals surface area contributed by atoms with Crippen LogP contribution in [-0.4, -0.2) is 24.3 Å². The number of aryl methyl sites for hydroxylation is 1. The van der Waals surface area contributed by atoms with Gasteiger partial charge in [0.25, 0.3) is 0 Å². The van der Waals surface area contributed by atoms with Crippen molar-refractivity contribution in [2.75, 3.05) is 13.1 Å². The van der Waals surface area contributed by atoms with E-state index in [4.69, 9.17) is 0 Å². The van der Waals surface area contributed by atoms with Gasteiger partial charge in [-0.05, 0) is 91.3 Å². The van der Waals surface area contributed by atoms with Gasteiger partial charge in [0, 0.05) is 6.54 Å². The molecule has 0 radical (unpaired) electrons. The number of aliphatic hydroxyl groups excluding tert-OH is 1. The minimum atomic E-state index is -0.175. The van der Waals surface area contributed by atoms with Gasteiger partial charge in [-0.15, -0.1) is 0 Å². The molecule has 1 unspecified atom stereocenters. The molecule has 0 spiro atoms. The summed E-state index contributed by atoms with van der Waals surface area (Å²) in [6, 6.07) is 7.36. The first-order chi connectivity index (χ1) is 12.8. The lowest BCUT2D eigenvalue weighted by Gasteiger charge is -2.55. The van der Waals surface area contributed by atoms with Crippen LogP contribution in [0.1, 0.15) is 95.8 Å². The third-order valence-corrected chi connectivity index (χ3v) is 7.67. The summed E-state index contributed by atoms with van der Waals surface area (Å²) >= 11 is 0. The van der Waals surface area contributed by atoms with E-state index in [1.165, 1.54) is 37.7 Å². The highest BCUT2D eigenvalue weighted by Gasteiger charge is 2.51. The van der Waals surface area contributed by atoms with Crippen molar-refractivity contribution in [2.45, 2.75) is 97.0 Å². The molecule has 2 N–H and O–H groups in total. The average Bonchev–Trinajstić information content (AvgIpc) is 2.60. The summed E-state index contributed by atoms with van der Waals surface area (Å²) in [4.78, 5) is 0. The lowest BCUT2D eigenvalue weighted by atomic mass is 9.49. The lowest BCUT2D eigenvalue weighted by molar-refractivity contribution is 0.0258. The van der Waals surface area contributed by atoms with Gasteiger partial charge < -0.3 is 10.4 Å². The van der Waals surface area contributed by atoms with Crippen LogP contribution in [0.5, 0.6) is 0 Å². The Balaban J connectivity index is 1.75. The van der Waals surface area contributed by atoms with Crippen LogP contribution < -0.4 is 5.32 Å². The van der Waals surface area contributed by atoms with Gasteiger partial charge in [0.15, 0.2) is 0 Å². The molecule has 152 valence electrons. The van der Waals surface area contributed by atoms with E-state index >= 15 is 0 Å². The Labute approximate surface area is 167 Å². The van der Waals surface area contributed by atoms with E-state index in [0.717, 1.165) is 31.8 Å². The SMILES string of the molecule is CC(O)CCCNC[C@]1(C)CCC[C@]2(C)c3ccc(C(C)C)cc3CC[C@@H]12. The van der Waals surface area contributed by atoms with E-state index in [1.807, 2.05) is 6.92 Å². The van der Waals surface area contributed by atoms with Crippen molar-refractivity contribution in [3.8, 4) is 0 Å². The van der Waals surface area contributed by atoms with Gasteiger partial charge in [-0.1, -0.05) is 52.3 Å². The third-order valence-electron chi connectivity index (χ3n) is 7.67. The van der Waals surface area contributed by atoms with Crippen molar-refractivity contribution in [2.24, 2.45) is 11.3 Å². The molecule has 0 aliphatic heterocycles. The van der Waals surface area contributed by atoms with Crippen LogP contribution >= 0.6 is 0 Å². The Kier molecular flexibility index (Phi) is 6.37. The molecule has 0 bridgehead atoms. The number of nitrogens with one attached hydrogen (secondary N) is 1. The maximum absolute atomic E-state index is 9.46. The summed E-state index contributed by atoms with van der Waals surface area (Å²) < 4.78 is 0. The first kappa shape index (κ1) is 20.9. The summed E-state index contributed by atoms with van der Waals surface area (Å²) in [5, 5.41) is 13.2. The second-order valence-electron chi connectivity index (χ2n) is 10.3. The molecular weight excluding hydrogens is 330 g/mol. The number of benzene rings is 1. The van der Waals surface area contributed by atoms with Crippen LogP contribution in [0.25, 0.3) is 0 Å². The van der Waals surface area contributed by atoms with Crippen LogP contribution in [0.2, 0.25) is 0 Å². The minimum Gasteiger partial charge on any atom is -0.393 e. The van der Waals surface area contributed by atoms with Gasteiger partial charge in [-0.3, -0.25) is 0 Å². The largest absolute Gasteiger partial charge is 0.393 e. The van der Waals surface area contributed by atoms with Crippen LogP contribution in [0.4, 0.5) is 0 Å². The van der Waals surface area contributed by atoms with Gasteiger partial charge in [-0.25, -0.2) is 0 Å². The third kappa shape index (κ3) is 4.27. The molecular formula is C25H41NO. The number of hydrogen-bond acceptors (Lipinski definition) is 2. The van der Waals surface area contributed by atoms with Crippen molar-refractivity contribution in [3.05, 3.63) is 34.9 Å². The fourth-order valence-corrected chi connectivity index (χ4v) is 6.11. The van der Waals surface area contributed by atoms with Crippen molar-refractivity contribution in [1.82, 2.24) is 5.32 Å². The first-order valence-electron chi connectivity index (χ1n) is 11.3. The molecule has 0 saturated heterocycles. The standard InChI is InChI=1S/C25H41NO/c1-18(2)20-9-11-22-21(16-20)10-12-23-24(4,13-7-14-25(22,23)5)17-26-15-6-8-19(3)27/h9,11,16,18-19,23,26-27H,6-8,10,12-15,17H2,1-5H3/t19?,23-,24-,25+/m0/s1. The summed E-state index contributed by atoms with van der Waals surface area (Å²) in [7, 11) is 0. The molecule has 0 amide bonds. The topological polar surface area (TPSA) is 32.3 Å². The molecule has 2 aliphatic rings. The predicted octanol–water partition coefficient (Wildman–Crippen LogP) is 5.57. The second kappa shape index (κ2) is 8.25. The van der Waals surface area contributed by atoms with Crippen LogP contribution in [0.3, 0.4) is 0 Å². The monoisotopic (exact) mass is 371 g/mol. The highest BCUT2D eigenvalue weighted by molar-refractivity contribution is 5.42. The predicted molar refractivity (Wildman–Crippen MR) is 115 cm³/mol. The summed E-state index contributed by atoms with van der Waals surface area (Å²) in [5.74, 6) is 1.38. The summed E-state index contributed by atoms with van der Waals surface area (Å²) in [6.07, 6.45) is 8.38. The molecule has 1 aromatic rings. The van der Waals surface area contributed by atoms with Crippen molar-refractivity contribution >= 4 is 0 Å². The Morgan fingerprint density at radius 1 is 1.19 bits per heavy atom. The molecule has 4 atom stereocenters. The highest BCUT2D eigenvalue weighted by atomic mass is 16.3. The Hall–Kier alpha value is -0.860. The number of rotatable bonds is 7. The van der Waals surface area contributed by atoms with Gasteiger partial charge in [0.2, 0.25) is 0 Å². The molecule has 2 heteroatoms. The summed E-state index contributed by atoms with van der Waals surface area (Å²) in [6.45, 7) is 13.7. The lowest BCUT2D eigenvalue weighted by Crippen LogP contribution is -2.52. The van der Waals surface area contributed by atoms with Crippen LogP contribution in [0.15, 0.2) is 18.2 Å². The zero-order valence-electron chi connectivity index (χ0n) is 18.3. The van der Waals surface area contributed by atoms with Crippen LogP contribution in [0, 0.1) is 11.3 Å². The first-order valence-corrected chi connectivity index (χ1v) is 11.3. The van der Waals surface area contributed by atoms with Crippen LogP contribution in [-0.2, 0) is 11.8 Å². The van der Waals surface area contributed by atoms with Crippen molar-refractivity contribution in [1.29, 1.82) is 0 Å². The quantitative estimate of drug-likeness (QED) is 0.614. The molecule has 2 aliphatic carbocycles. The Bertz CT molecular complexity index is 637. The Morgan fingerprint density at radius 2 is 1.96 bits per heavy atom. The van der Waals surface area contributed by atoms with Crippen molar-refractivity contribution < 1.29 is 5.11 Å². The van der Waals surface area contributed by atoms with Gasteiger partial charge in [0.1, 0.15) is 0 Å². The molecule has 1 saturated carbocycles. The molecule has 27 heavy (non-hydrogen) atoms. The molecule has 0 aromatic heterocycles. The molecule has 0 heterocycles. The zero-order chi connectivity index (χ0) is 19.7. The fraction of sp³-hybridized carbons (Fsp3) is 0.760. The number of fused-ring (bicyclic) bond motifs is 3. The molecule has 2 nitrogen and oxygen atoms in total. The molecule has 3 rings (SSSR count). The summed E-state index contributed by atoms with van der Waals surface area (Å²) in [5.41, 5.74) is 5.47. The highest BCUT2D eigenvalue weighted by Crippen LogP contribution is 2.57. The van der Waals surface area contributed by atoms with E-state index in [-0.39, 0.29) is 6.10 Å². The normalized spacial score (nSPS) is 31.4. The van der Waals surface area contributed by atoms with E-state index < -0.39 is 0 Å². The minimum absolute atomic E-state index is 0.175. The van der Waals surface area contributed by atoms with E-state index in [9.17, 15) is 5.11 Å². The van der Waals surface area contributed by atoms with Gasteiger partial charge in [0.05, 0.1) is 6.10 Å². The number of hydrogen-bond donors (Lipinski definition) is 2. The van der Waals surface area contributed by atoms with E-state index in [1.54, 1.807) is 11.1 Å². The maximum Gasteiger partial charge on any atom is 0.0512 e.